The molecule has 4 nitrogen and oxygen atoms in total. The Morgan fingerprint density at radius 1 is 1.00 bits per heavy atom. The van der Waals surface area contributed by atoms with Crippen molar-refractivity contribution in [2.24, 2.45) is 5.92 Å². The van der Waals surface area contributed by atoms with Gasteiger partial charge in [0.15, 0.2) is 12.3 Å². The van der Waals surface area contributed by atoms with Crippen LogP contribution in [0.1, 0.15) is 42.7 Å². The highest BCUT2D eigenvalue weighted by Crippen LogP contribution is 2.16. The van der Waals surface area contributed by atoms with Gasteiger partial charge in [0.25, 0.3) is 5.91 Å². The Morgan fingerprint density at radius 3 is 2.17 bits per heavy atom. The number of Topliss-reactive ketones (excluding diaryl/α,β-unsaturated/α-hetero) is 1. The second-order valence-corrected chi connectivity index (χ2v) is 6.30. The van der Waals surface area contributed by atoms with E-state index >= 15 is 0 Å². The van der Waals surface area contributed by atoms with Crippen LogP contribution in [0.4, 0.5) is 5.69 Å². The van der Waals surface area contributed by atoms with Crippen LogP contribution in [0.3, 0.4) is 0 Å². The molecule has 0 bridgehead atoms. The molecule has 24 heavy (non-hydrogen) atoms. The molecule has 0 saturated carbocycles. The topological polar surface area (TPSA) is 62.8 Å². The molecular formula is C20H25N2O2+. The zero-order valence-electron chi connectivity index (χ0n) is 14.5. The van der Waals surface area contributed by atoms with E-state index in [1.165, 1.54) is 12.5 Å². The Labute approximate surface area is 143 Å². The van der Waals surface area contributed by atoms with Gasteiger partial charge in [-0.15, -0.1) is 0 Å². The number of quaternary nitrogens is 1. The number of anilines is 1. The summed E-state index contributed by atoms with van der Waals surface area (Å²) in [4.78, 5) is 23.4. The van der Waals surface area contributed by atoms with Crippen molar-refractivity contribution in [3.05, 3.63) is 65.7 Å². The van der Waals surface area contributed by atoms with Crippen molar-refractivity contribution < 1.29 is 14.9 Å². The lowest BCUT2D eigenvalue weighted by Crippen LogP contribution is -2.88. The van der Waals surface area contributed by atoms with Gasteiger partial charge in [0.1, 0.15) is 6.04 Å². The van der Waals surface area contributed by atoms with E-state index in [2.05, 4.69) is 36.6 Å². The molecule has 0 fully saturated rings. The molecule has 2 aromatic rings. The molecule has 0 saturated heterocycles. The van der Waals surface area contributed by atoms with E-state index in [1.54, 1.807) is 24.3 Å². The molecular weight excluding hydrogens is 300 g/mol. The van der Waals surface area contributed by atoms with E-state index < -0.39 is 0 Å². The first-order chi connectivity index (χ1) is 11.5. The molecule has 0 radical (unpaired) electrons. The molecule has 1 atom stereocenters. The number of hydrogen-bond acceptors (Lipinski definition) is 2. The van der Waals surface area contributed by atoms with Crippen LogP contribution in [0.5, 0.6) is 0 Å². The van der Waals surface area contributed by atoms with Crippen LogP contribution in [0, 0.1) is 5.92 Å². The maximum atomic E-state index is 12.2. The van der Waals surface area contributed by atoms with E-state index in [9.17, 15) is 9.59 Å². The molecule has 0 aliphatic heterocycles. The van der Waals surface area contributed by atoms with Crippen LogP contribution >= 0.6 is 0 Å². The van der Waals surface area contributed by atoms with E-state index in [0.717, 1.165) is 0 Å². The first-order valence-corrected chi connectivity index (χ1v) is 8.26. The molecule has 2 rings (SSSR count). The molecule has 0 aromatic heterocycles. The highest BCUT2D eigenvalue weighted by Gasteiger charge is 2.20. The highest BCUT2D eigenvalue weighted by molar-refractivity contribution is 5.95. The molecule has 0 aliphatic rings. The molecule has 0 heterocycles. The fourth-order valence-electron chi connectivity index (χ4n) is 2.70. The first-order valence-electron chi connectivity index (χ1n) is 8.26. The maximum absolute atomic E-state index is 12.2. The Bertz CT molecular complexity index is 679. The van der Waals surface area contributed by atoms with E-state index in [4.69, 9.17) is 0 Å². The third kappa shape index (κ3) is 5.03. The van der Waals surface area contributed by atoms with Crippen LogP contribution in [0.15, 0.2) is 54.6 Å². The van der Waals surface area contributed by atoms with Crippen molar-refractivity contribution in [2.75, 3.05) is 11.9 Å². The number of rotatable bonds is 7. The van der Waals surface area contributed by atoms with Crippen molar-refractivity contribution in [3.63, 3.8) is 0 Å². The molecule has 2 aromatic carbocycles. The van der Waals surface area contributed by atoms with Crippen molar-refractivity contribution in [2.45, 2.75) is 26.8 Å². The lowest BCUT2D eigenvalue weighted by Gasteiger charge is -2.19. The Kier molecular flexibility index (Phi) is 6.27. The Hall–Kier alpha value is -2.46. The lowest BCUT2D eigenvalue weighted by molar-refractivity contribution is -0.692. The smallest absolute Gasteiger partial charge is 0.279 e. The van der Waals surface area contributed by atoms with Gasteiger partial charge in [-0.25, -0.2) is 0 Å². The monoisotopic (exact) mass is 325 g/mol. The van der Waals surface area contributed by atoms with E-state index in [0.29, 0.717) is 23.7 Å². The number of carbonyl (C=O) groups is 2. The fraction of sp³-hybridized carbons (Fsp3) is 0.300. The third-order valence-corrected chi connectivity index (χ3v) is 4.04. The number of ketones is 1. The molecule has 3 N–H and O–H groups in total. The minimum absolute atomic E-state index is 0.0175. The van der Waals surface area contributed by atoms with Crippen LogP contribution < -0.4 is 10.6 Å². The number of benzene rings is 2. The first kappa shape index (κ1) is 17.9. The largest absolute Gasteiger partial charge is 0.332 e. The summed E-state index contributed by atoms with van der Waals surface area (Å²) < 4.78 is 0. The predicted octanol–water partition coefficient (Wildman–Crippen LogP) is 2.79. The Morgan fingerprint density at radius 2 is 1.62 bits per heavy atom. The van der Waals surface area contributed by atoms with Gasteiger partial charge in [-0.3, -0.25) is 9.59 Å². The number of nitrogens with two attached hydrogens (primary N) is 1. The van der Waals surface area contributed by atoms with E-state index in [1.807, 2.05) is 18.2 Å². The normalized spacial score (nSPS) is 12.0. The van der Waals surface area contributed by atoms with Gasteiger partial charge < -0.3 is 10.6 Å². The minimum atomic E-state index is -0.0489. The third-order valence-electron chi connectivity index (χ3n) is 4.04. The summed E-state index contributed by atoms with van der Waals surface area (Å²) in [6, 6.07) is 17.4. The Balaban J connectivity index is 1.92. The molecule has 0 spiro atoms. The van der Waals surface area contributed by atoms with Gasteiger partial charge in [-0.1, -0.05) is 44.2 Å². The van der Waals surface area contributed by atoms with Crippen LogP contribution in [-0.2, 0) is 4.79 Å². The summed E-state index contributed by atoms with van der Waals surface area (Å²) in [6.07, 6.45) is 0. The highest BCUT2D eigenvalue weighted by atomic mass is 16.2. The second-order valence-electron chi connectivity index (χ2n) is 6.30. The van der Waals surface area contributed by atoms with Gasteiger partial charge in [-0.05, 0) is 31.2 Å². The van der Waals surface area contributed by atoms with Crippen LogP contribution in [0.2, 0.25) is 0 Å². The summed E-state index contributed by atoms with van der Waals surface area (Å²) in [7, 11) is 0. The second kappa shape index (κ2) is 8.41. The standard InChI is InChI=1S/C20H24N2O2/c1-14(2)20(17-7-5-4-6-8-17)21-13-19(24)22-18-11-9-16(10-12-18)15(3)23/h4-12,14,20-21H,13H2,1-3H3,(H,22,24)/p+1/t20-/m0/s1. The average Bonchev–Trinajstić information content (AvgIpc) is 2.56. The fourth-order valence-corrected chi connectivity index (χ4v) is 2.70. The molecule has 0 aliphatic carbocycles. The van der Waals surface area contributed by atoms with Crippen molar-refractivity contribution in [1.29, 1.82) is 0 Å². The van der Waals surface area contributed by atoms with Crippen molar-refractivity contribution in [1.82, 2.24) is 0 Å². The zero-order valence-corrected chi connectivity index (χ0v) is 14.5. The van der Waals surface area contributed by atoms with Crippen molar-refractivity contribution >= 4 is 17.4 Å². The number of hydrogen-bond donors (Lipinski definition) is 2. The summed E-state index contributed by atoms with van der Waals surface area (Å²) in [6.45, 7) is 6.20. The molecule has 1 amide bonds. The number of nitrogens with one attached hydrogen (secondary N) is 1. The minimum Gasteiger partial charge on any atom is -0.332 e. The maximum Gasteiger partial charge on any atom is 0.279 e. The SMILES string of the molecule is CC(=O)c1ccc(NC(=O)C[NH2+][C@H](c2ccccc2)C(C)C)cc1. The van der Waals surface area contributed by atoms with Gasteiger partial charge in [0.05, 0.1) is 0 Å². The van der Waals surface area contributed by atoms with E-state index in [-0.39, 0.29) is 17.7 Å². The lowest BCUT2D eigenvalue weighted by atomic mass is 9.96. The van der Waals surface area contributed by atoms with Gasteiger partial charge in [0.2, 0.25) is 0 Å². The summed E-state index contributed by atoms with van der Waals surface area (Å²) in [5, 5.41) is 4.94. The molecule has 0 unspecified atom stereocenters. The summed E-state index contributed by atoms with van der Waals surface area (Å²) in [5.74, 6) is 0.394. The van der Waals surface area contributed by atoms with Crippen molar-refractivity contribution in [3.8, 4) is 0 Å². The summed E-state index contributed by atoms with van der Waals surface area (Å²) in [5.41, 5.74) is 2.58. The van der Waals surface area contributed by atoms with Crippen LogP contribution in [-0.4, -0.2) is 18.2 Å². The zero-order chi connectivity index (χ0) is 17.5. The number of amides is 1. The van der Waals surface area contributed by atoms with Gasteiger partial charge in [0, 0.05) is 22.7 Å². The quantitative estimate of drug-likeness (QED) is 0.769. The number of carbonyl (C=O) groups excluding carboxylic acids is 2. The molecule has 126 valence electrons. The summed E-state index contributed by atoms with van der Waals surface area (Å²) >= 11 is 0. The van der Waals surface area contributed by atoms with Gasteiger partial charge >= 0.3 is 0 Å². The predicted molar refractivity (Wildman–Crippen MR) is 95.9 cm³/mol. The average molecular weight is 325 g/mol. The van der Waals surface area contributed by atoms with Gasteiger partial charge in [-0.2, -0.15) is 0 Å². The molecule has 4 heteroatoms. The van der Waals surface area contributed by atoms with Crippen LogP contribution in [0.25, 0.3) is 0 Å².